The third-order valence-electron chi connectivity index (χ3n) is 2.66. The molecule has 0 radical (unpaired) electrons. The second kappa shape index (κ2) is 5.92. The zero-order valence-electron chi connectivity index (χ0n) is 10.6. The first-order chi connectivity index (χ1) is 9.51. The molecule has 104 valence electrons. The van der Waals surface area contributed by atoms with Gasteiger partial charge in [0.05, 0.1) is 17.3 Å². The van der Waals surface area contributed by atoms with Gasteiger partial charge >= 0.3 is 0 Å². The maximum Gasteiger partial charge on any atom is 0.255 e. The van der Waals surface area contributed by atoms with Crippen molar-refractivity contribution < 1.29 is 13.9 Å². The van der Waals surface area contributed by atoms with Gasteiger partial charge in [0.25, 0.3) is 5.91 Å². The van der Waals surface area contributed by atoms with Gasteiger partial charge in [-0.15, -0.1) is 0 Å². The van der Waals surface area contributed by atoms with E-state index in [1.807, 2.05) is 0 Å². The average molecular weight is 339 g/mol. The lowest BCUT2D eigenvalue weighted by Crippen LogP contribution is -2.13. The van der Waals surface area contributed by atoms with Crippen LogP contribution in [-0.4, -0.2) is 13.0 Å². The molecule has 2 aromatic rings. The van der Waals surface area contributed by atoms with Gasteiger partial charge in [0.2, 0.25) is 0 Å². The molecule has 0 aromatic heterocycles. The van der Waals surface area contributed by atoms with Crippen LogP contribution in [0.25, 0.3) is 0 Å². The molecule has 0 bridgehead atoms. The number of amides is 1. The van der Waals surface area contributed by atoms with Gasteiger partial charge < -0.3 is 15.8 Å². The molecule has 0 heterocycles. The number of ether oxygens (including phenoxy) is 1. The van der Waals surface area contributed by atoms with E-state index in [1.54, 1.807) is 18.2 Å². The molecule has 0 atom stereocenters. The Bertz CT molecular complexity index is 662. The van der Waals surface area contributed by atoms with E-state index >= 15 is 0 Å². The highest BCUT2D eigenvalue weighted by Gasteiger charge is 2.11. The highest BCUT2D eigenvalue weighted by Crippen LogP contribution is 2.27. The first-order valence-electron chi connectivity index (χ1n) is 5.71. The van der Waals surface area contributed by atoms with Crippen LogP contribution >= 0.6 is 15.9 Å². The predicted octanol–water partition coefficient (Wildman–Crippen LogP) is 3.43. The standard InChI is InChI=1S/C14H12BrFN2O2/c1-20-13-7-9(17)3-5-12(13)18-14(19)8-2-4-11(16)10(15)6-8/h2-7H,17H2,1H3,(H,18,19). The van der Waals surface area contributed by atoms with E-state index in [1.165, 1.54) is 25.3 Å². The molecular weight excluding hydrogens is 327 g/mol. The number of benzene rings is 2. The quantitative estimate of drug-likeness (QED) is 0.842. The lowest BCUT2D eigenvalue weighted by Gasteiger charge is -2.11. The van der Waals surface area contributed by atoms with Crippen LogP contribution in [0.2, 0.25) is 0 Å². The molecule has 2 aromatic carbocycles. The van der Waals surface area contributed by atoms with Crippen LogP contribution in [0.4, 0.5) is 15.8 Å². The van der Waals surface area contributed by atoms with Gasteiger partial charge in [-0.2, -0.15) is 0 Å². The number of hydrogen-bond donors (Lipinski definition) is 2. The van der Waals surface area contributed by atoms with E-state index in [0.717, 1.165) is 0 Å². The minimum atomic E-state index is -0.424. The molecule has 0 aliphatic carbocycles. The zero-order chi connectivity index (χ0) is 14.7. The zero-order valence-corrected chi connectivity index (χ0v) is 12.2. The van der Waals surface area contributed by atoms with Crippen molar-refractivity contribution in [2.75, 3.05) is 18.2 Å². The summed E-state index contributed by atoms with van der Waals surface area (Å²) in [6, 6.07) is 8.94. The van der Waals surface area contributed by atoms with Crippen molar-refractivity contribution in [3.63, 3.8) is 0 Å². The fraction of sp³-hybridized carbons (Fsp3) is 0.0714. The van der Waals surface area contributed by atoms with Crippen LogP contribution in [-0.2, 0) is 0 Å². The molecule has 2 rings (SSSR count). The van der Waals surface area contributed by atoms with Crippen molar-refractivity contribution in [3.8, 4) is 5.75 Å². The molecule has 1 amide bonds. The molecule has 20 heavy (non-hydrogen) atoms. The Morgan fingerprint density at radius 3 is 2.70 bits per heavy atom. The summed E-state index contributed by atoms with van der Waals surface area (Å²) in [7, 11) is 1.49. The Morgan fingerprint density at radius 1 is 1.30 bits per heavy atom. The number of methoxy groups -OCH3 is 1. The monoisotopic (exact) mass is 338 g/mol. The highest BCUT2D eigenvalue weighted by atomic mass is 79.9. The van der Waals surface area contributed by atoms with Gasteiger partial charge in [-0.1, -0.05) is 0 Å². The van der Waals surface area contributed by atoms with Gasteiger partial charge in [-0.25, -0.2) is 4.39 Å². The number of nitrogens with two attached hydrogens (primary N) is 1. The number of hydrogen-bond acceptors (Lipinski definition) is 3. The number of nitrogen functional groups attached to an aromatic ring is 1. The lowest BCUT2D eigenvalue weighted by atomic mass is 10.2. The molecule has 0 aliphatic heterocycles. The number of nitrogens with one attached hydrogen (secondary N) is 1. The second-order valence-electron chi connectivity index (χ2n) is 4.04. The summed E-state index contributed by atoms with van der Waals surface area (Å²) in [4.78, 5) is 12.1. The van der Waals surface area contributed by atoms with Gasteiger partial charge in [0.1, 0.15) is 11.6 Å². The molecule has 0 aliphatic rings. The topological polar surface area (TPSA) is 64.3 Å². The molecule has 0 unspecified atom stereocenters. The molecule has 3 N–H and O–H groups in total. The molecule has 0 spiro atoms. The van der Waals surface area contributed by atoms with Crippen LogP contribution in [0.5, 0.6) is 5.75 Å². The fourth-order valence-electron chi connectivity index (χ4n) is 1.64. The Balaban J connectivity index is 2.25. The SMILES string of the molecule is COc1cc(N)ccc1NC(=O)c1ccc(F)c(Br)c1. The van der Waals surface area contributed by atoms with Gasteiger partial charge in [-0.05, 0) is 46.3 Å². The van der Waals surface area contributed by atoms with Gasteiger partial charge in [-0.3, -0.25) is 4.79 Å². The second-order valence-corrected chi connectivity index (χ2v) is 4.90. The van der Waals surface area contributed by atoms with Crippen LogP contribution < -0.4 is 15.8 Å². The van der Waals surface area contributed by atoms with Crippen LogP contribution in [0.3, 0.4) is 0 Å². The summed E-state index contributed by atoms with van der Waals surface area (Å²) >= 11 is 3.04. The third kappa shape index (κ3) is 3.08. The van der Waals surface area contributed by atoms with E-state index < -0.39 is 5.82 Å². The minimum Gasteiger partial charge on any atom is -0.494 e. The van der Waals surface area contributed by atoms with E-state index in [-0.39, 0.29) is 10.4 Å². The molecule has 0 fully saturated rings. The summed E-state index contributed by atoms with van der Waals surface area (Å²) < 4.78 is 18.5. The molecule has 6 heteroatoms. The normalized spacial score (nSPS) is 10.2. The predicted molar refractivity (Wildman–Crippen MR) is 79.5 cm³/mol. The summed E-state index contributed by atoms with van der Waals surface area (Å²) in [6.45, 7) is 0. The largest absolute Gasteiger partial charge is 0.494 e. The van der Waals surface area contributed by atoms with Crippen LogP contribution in [0.1, 0.15) is 10.4 Å². The third-order valence-corrected chi connectivity index (χ3v) is 3.26. The van der Waals surface area contributed by atoms with Gasteiger partial charge in [0.15, 0.2) is 0 Å². The Morgan fingerprint density at radius 2 is 2.05 bits per heavy atom. The first kappa shape index (κ1) is 14.3. The maximum atomic E-state index is 13.1. The maximum absolute atomic E-state index is 13.1. The minimum absolute atomic E-state index is 0.231. The number of rotatable bonds is 3. The van der Waals surface area contributed by atoms with Gasteiger partial charge in [0, 0.05) is 17.3 Å². The van der Waals surface area contributed by atoms with Crippen LogP contribution in [0.15, 0.2) is 40.9 Å². The van der Waals surface area contributed by atoms with Crippen molar-refractivity contribution in [2.45, 2.75) is 0 Å². The van der Waals surface area contributed by atoms with Crippen molar-refractivity contribution in [2.24, 2.45) is 0 Å². The van der Waals surface area contributed by atoms with E-state index in [2.05, 4.69) is 21.2 Å². The van der Waals surface area contributed by atoms with E-state index in [4.69, 9.17) is 10.5 Å². The fourth-order valence-corrected chi connectivity index (χ4v) is 2.02. The van der Waals surface area contributed by atoms with E-state index in [9.17, 15) is 9.18 Å². The summed E-state index contributed by atoms with van der Waals surface area (Å²) in [5.41, 5.74) is 7.00. The molecule has 4 nitrogen and oxygen atoms in total. The Kier molecular flexibility index (Phi) is 4.24. The Hall–Kier alpha value is -2.08. The molecular formula is C14H12BrFN2O2. The van der Waals surface area contributed by atoms with Crippen molar-refractivity contribution in [1.82, 2.24) is 0 Å². The van der Waals surface area contributed by atoms with Crippen LogP contribution in [0, 0.1) is 5.82 Å². The summed E-state index contributed by atoms with van der Waals surface area (Å²) in [6.07, 6.45) is 0. The average Bonchev–Trinajstić information content (AvgIpc) is 2.43. The number of carbonyl (C=O) groups is 1. The summed E-state index contributed by atoms with van der Waals surface area (Å²) in [5, 5.41) is 2.69. The number of carbonyl (C=O) groups excluding carboxylic acids is 1. The van der Waals surface area contributed by atoms with Crippen molar-refractivity contribution in [1.29, 1.82) is 0 Å². The molecule has 0 saturated heterocycles. The Labute approximate surface area is 123 Å². The summed E-state index contributed by atoms with van der Waals surface area (Å²) in [5.74, 6) is -0.333. The lowest BCUT2D eigenvalue weighted by molar-refractivity contribution is 0.102. The van der Waals surface area contributed by atoms with Crippen molar-refractivity contribution >= 4 is 33.2 Å². The van der Waals surface area contributed by atoms with Crippen molar-refractivity contribution in [3.05, 3.63) is 52.3 Å². The molecule has 0 saturated carbocycles. The first-order valence-corrected chi connectivity index (χ1v) is 6.50. The number of halogens is 2. The highest BCUT2D eigenvalue weighted by molar-refractivity contribution is 9.10. The smallest absolute Gasteiger partial charge is 0.255 e. The number of anilines is 2. The van der Waals surface area contributed by atoms with E-state index in [0.29, 0.717) is 22.7 Å².